The molecule has 0 aromatic heterocycles. The van der Waals surface area contributed by atoms with E-state index in [9.17, 15) is 14.7 Å². The number of carbonyl (C=O) groups is 2. The molecule has 2 rings (SSSR count). The summed E-state index contributed by atoms with van der Waals surface area (Å²) in [5.74, 6) is -1.13. The van der Waals surface area contributed by atoms with Crippen LogP contribution in [0.3, 0.4) is 0 Å². The largest absolute Gasteiger partial charge is 0.496 e. The lowest BCUT2D eigenvalue weighted by Crippen LogP contribution is -2.06. The summed E-state index contributed by atoms with van der Waals surface area (Å²) < 4.78 is 10.2. The second kappa shape index (κ2) is 7.26. The Kier molecular flexibility index (Phi) is 5.15. The van der Waals surface area contributed by atoms with Crippen molar-refractivity contribution in [3.05, 3.63) is 65.2 Å². The highest BCUT2D eigenvalue weighted by molar-refractivity contribution is 6.10. The van der Waals surface area contributed by atoms with E-state index in [0.717, 1.165) is 5.56 Å². The minimum atomic E-state index is -1.18. The van der Waals surface area contributed by atoms with Crippen molar-refractivity contribution < 1.29 is 24.2 Å². The molecule has 5 heteroatoms. The number of carbonyl (C=O) groups excluding carboxylic acids is 1. The van der Waals surface area contributed by atoms with Crippen molar-refractivity contribution in [3.63, 3.8) is 0 Å². The Bertz CT molecular complexity index is 748. The van der Waals surface area contributed by atoms with Gasteiger partial charge in [-0.25, -0.2) is 4.79 Å². The molecule has 0 aliphatic heterocycles. The summed E-state index contributed by atoms with van der Waals surface area (Å²) in [6, 6.07) is 12.0. The first-order valence-electron chi connectivity index (χ1n) is 6.83. The molecule has 0 amide bonds. The van der Waals surface area contributed by atoms with Crippen LogP contribution in [-0.4, -0.2) is 31.1 Å². The highest BCUT2D eigenvalue weighted by Crippen LogP contribution is 2.29. The molecule has 0 aliphatic rings. The van der Waals surface area contributed by atoms with Crippen LogP contribution >= 0.6 is 0 Å². The maximum Gasteiger partial charge on any atom is 0.339 e. The van der Waals surface area contributed by atoms with E-state index in [1.165, 1.54) is 32.4 Å². The average molecular weight is 312 g/mol. The number of aromatic carboxylic acids is 1. The molecule has 5 nitrogen and oxygen atoms in total. The number of hydrogen-bond acceptors (Lipinski definition) is 4. The molecular weight excluding hydrogens is 296 g/mol. The lowest BCUT2D eigenvalue weighted by atomic mass is 10.0. The lowest BCUT2D eigenvalue weighted by Gasteiger charge is -2.11. The Labute approximate surface area is 133 Å². The summed E-state index contributed by atoms with van der Waals surface area (Å²) in [5, 5.41) is 9.22. The van der Waals surface area contributed by atoms with E-state index in [0.29, 0.717) is 0 Å². The van der Waals surface area contributed by atoms with Gasteiger partial charge in [-0.2, -0.15) is 0 Å². The van der Waals surface area contributed by atoms with Gasteiger partial charge >= 0.3 is 5.97 Å². The van der Waals surface area contributed by atoms with Gasteiger partial charge in [0.25, 0.3) is 0 Å². The number of carboxylic acid groups (broad SMARTS) is 1. The van der Waals surface area contributed by atoms with Crippen LogP contribution in [0.5, 0.6) is 11.5 Å². The number of rotatable bonds is 6. The summed E-state index contributed by atoms with van der Waals surface area (Å²) in [5.41, 5.74) is 0.939. The van der Waals surface area contributed by atoms with Crippen LogP contribution in [0.2, 0.25) is 0 Å². The first kappa shape index (κ1) is 16.3. The summed E-state index contributed by atoms with van der Waals surface area (Å²) in [6.45, 7) is 0. The molecule has 0 spiro atoms. The van der Waals surface area contributed by atoms with E-state index in [-0.39, 0.29) is 28.4 Å². The number of allylic oxidation sites excluding steroid dienone is 1. The Morgan fingerprint density at radius 1 is 0.957 bits per heavy atom. The maximum atomic E-state index is 12.4. The fourth-order valence-electron chi connectivity index (χ4n) is 2.08. The van der Waals surface area contributed by atoms with Crippen molar-refractivity contribution >= 4 is 17.8 Å². The van der Waals surface area contributed by atoms with Crippen molar-refractivity contribution in [1.82, 2.24) is 0 Å². The zero-order chi connectivity index (χ0) is 16.8. The molecule has 0 heterocycles. The van der Waals surface area contributed by atoms with Crippen LogP contribution in [0, 0.1) is 0 Å². The first-order chi connectivity index (χ1) is 11.1. The number of carboxylic acids is 1. The van der Waals surface area contributed by atoms with E-state index in [2.05, 4.69) is 0 Å². The zero-order valence-electron chi connectivity index (χ0n) is 12.8. The van der Waals surface area contributed by atoms with E-state index in [4.69, 9.17) is 9.47 Å². The minimum absolute atomic E-state index is 0.0928. The average Bonchev–Trinajstić information content (AvgIpc) is 2.59. The lowest BCUT2D eigenvalue weighted by molar-refractivity contribution is 0.0693. The molecule has 2 aromatic rings. The van der Waals surface area contributed by atoms with Crippen LogP contribution < -0.4 is 9.47 Å². The molecule has 0 atom stereocenters. The second-order valence-electron chi connectivity index (χ2n) is 4.67. The SMILES string of the molecule is COc1cc(OC)c(C(=O)C=Cc2ccccc2)cc1C(=O)O. The highest BCUT2D eigenvalue weighted by atomic mass is 16.5. The summed E-state index contributed by atoms with van der Waals surface area (Å²) in [4.78, 5) is 23.7. The summed E-state index contributed by atoms with van der Waals surface area (Å²) >= 11 is 0. The molecule has 0 unspecified atom stereocenters. The molecule has 0 radical (unpaired) electrons. The molecular formula is C18H16O5. The summed E-state index contributed by atoms with van der Waals surface area (Å²) in [7, 11) is 2.77. The Balaban J connectivity index is 2.41. The molecule has 118 valence electrons. The second-order valence-corrected chi connectivity index (χ2v) is 4.67. The zero-order valence-corrected chi connectivity index (χ0v) is 12.8. The molecule has 1 N–H and O–H groups in total. The van der Waals surface area contributed by atoms with E-state index < -0.39 is 5.97 Å². The number of methoxy groups -OCH3 is 2. The third-order valence-electron chi connectivity index (χ3n) is 3.24. The Morgan fingerprint density at radius 3 is 2.13 bits per heavy atom. The number of hydrogen-bond donors (Lipinski definition) is 1. The van der Waals surface area contributed by atoms with Crippen LogP contribution in [0.1, 0.15) is 26.3 Å². The molecule has 0 aliphatic carbocycles. The quantitative estimate of drug-likeness (QED) is 0.654. The van der Waals surface area contributed by atoms with Crippen molar-refractivity contribution in [2.24, 2.45) is 0 Å². The summed E-state index contributed by atoms with van der Waals surface area (Å²) in [6.07, 6.45) is 3.04. The van der Waals surface area contributed by atoms with Gasteiger partial charge in [-0.1, -0.05) is 36.4 Å². The minimum Gasteiger partial charge on any atom is -0.496 e. The number of benzene rings is 2. The molecule has 0 saturated carbocycles. The van der Waals surface area contributed by atoms with Crippen LogP contribution in [0.25, 0.3) is 6.08 Å². The van der Waals surface area contributed by atoms with E-state index >= 15 is 0 Å². The van der Waals surface area contributed by atoms with Crippen LogP contribution in [-0.2, 0) is 0 Å². The topological polar surface area (TPSA) is 72.8 Å². The van der Waals surface area contributed by atoms with Crippen molar-refractivity contribution in [2.45, 2.75) is 0 Å². The van der Waals surface area contributed by atoms with Gasteiger partial charge in [0.15, 0.2) is 5.78 Å². The molecule has 23 heavy (non-hydrogen) atoms. The van der Waals surface area contributed by atoms with Gasteiger partial charge in [-0.05, 0) is 17.7 Å². The third kappa shape index (κ3) is 3.77. The molecule has 0 bridgehead atoms. The number of ether oxygens (including phenoxy) is 2. The van der Waals surface area contributed by atoms with Gasteiger partial charge in [0.05, 0.1) is 19.8 Å². The Hall–Kier alpha value is -3.08. The Morgan fingerprint density at radius 2 is 1.57 bits per heavy atom. The number of ketones is 1. The van der Waals surface area contributed by atoms with Crippen LogP contribution in [0.15, 0.2) is 48.5 Å². The fourth-order valence-corrected chi connectivity index (χ4v) is 2.08. The predicted molar refractivity (Wildman–Crippen MR) is 86.3 cm³/mol. The maximum absolute atomic E-state index is 12.4. The third-order valence-corrected chi connectivity index (χ3v) is 3.24. The van der Waals surface area contributed by atoms with E-state index in [1.807, 2.05) is 30.3 Å². The monoisotopic (exact) mass is 312 g/mol. The van der Waals surface area contributed by atoms with E-state index in [1.54, 1.807) is 6.08 Å². The van der Waals surface area contributed by atoms with Crippen molar-refractivity contribution in [3.8, 4) is 11.5 Å². The highest BCUT2D eigenvalue weighted by Gasteiger charge is 2.19. The first-order valence-corrected chi connectivity index (χ1v) is 6.83. The fraction of sp³-hybridized carbons (Fsp3) is 0.111. The molecule has 0 saturated heterocycles. The normalized spacial score (nSPS) is 10.5. The van der Waals surface area contributed by atoms with Gasteiger partial charge in [0, 0.05) is 6.07 Å². The smallest absolute Gasteiger partial charge is 0.339 e. The van der Waals surface area contributed by atoms with Gasteiger partial charge in [-0.3, -0.25) is 4.79 Å². The van der Waals surface area contributed by atoms with Crippen molar-refractivity contribution in [1.29, 1.82) is 0 Å². The van der Waals surface area contributed by atoms with Crippen LogP contribution in [0.4, 0.5) is 0 Å². The van der Waals surface area contributed by atoms with Gasteiger partial charge in [0.1, 0.15) is 17.1 Å². The predicted octanol–water partition coefficient (Wildman–Crippen LogP) is 3.30. The molecule has 0 fully saturated rings. The van der Waals surface area contributed by atoms with Gasteiger partial charge in [0.2, 0.25) is 0 Å². The van der Waals surface area contributed by atoms with Gasteiger partial charge in [-0.15, -0.1) is 0 Å². The van der Waals surface area contributed by atoms with Crippen molar-refractivity contribution in [2.75, 3.05) is 14.2 Å². The standard InChI is InChI=1S/C18H16O5/c1-22-16-11-17(23-2)14(18(20)21)10-13(16)15(19)9-8-12-6-4-3-5-7-12/h3-11H,1-2H3,(H,20,21). The van der Waals surface area contributed by atoms with Gasteiger partial charge < -0.3 is 14.6 Å². The molecule has 2 aromatic carbocycles.